The van der Waals surface area contributed by atoms with Gasteiger partial charge in [0.2, 0.25) is 0 Å². The quantitative estimate of drug-likeness (QED) is 0.715. The average molecular weight is 221 g/mol. The van der Waals surface area contributed by atoms with Crippen molar-refractivity contribution in [2.75, 3.05) is 23.7 Å². The van der Waals surface area contributed by atoms with Crippen LogP contribution in [0.4, 0.5) is 5.69 Å². The van der Waals surface area contributed by atoms with Crippen LogP contribution < -0.4 is 4.90 Å². The highest BCUT2D eigenvalue weighted by atomic mass is 32.2. The molecule has 0 atom stereocenters. The summed E-state index contributed by atoms with van der Waals surface area (Å²) in [7, 11) is 0. The Morgan fingerprint density at radius 2 is 2.20 bits per heavy atom. The van der Waals surface area contributed by atoms with E-state index in [1.165, 1.54) is 42.1 Å². The molecule has 15 heavy (non-hydrogen) atoms. The van der Waals surface area contributed by atoms with Crippen molar-refractivity contribution in [3.05, 3.63) is 23.8 Å². The van der Waals surface area contributed by atoms with Crippen molar-refractivity contribution >= 4 is 17.4 Å². The average Bonchev–Trinajstić information content (AvgIpc) is 2.63. The number of nitrogens with zero attached hydrogens (tertiary/aromatic N) is 1. The monoisotopic (exact) mass is 221 g/mol. The van der Waals surface area contributed by atoms with Crippen LogP contribution in [0.15, 0.2) is 23.1 Å². The second-order valence-electron chi connectivity index (χ2n) is 3.96. The molecular formula is C13H19NS. The zero-order chi connectivity index (χ0) is 10.7. The van der Waals surface area contributed by atoms with Crippen LogP contribution in [0.5, 0.6) is 0 Å². The molecule has 1 aliphatic rings. The van der Waals surface area contributed by atoms with Crippen LogP contribution in [-0.2, 0) is 6.42 Å². The summed E-state index contributed by atoms with van der Waals surface area (Å²) in [5, 5.41) is 0. The summed E-state index contributed by atoms with van der Waals surface area (Å²) in [6.07, 6.45) is 2.47. The van der Waals surface area contributed by atoms with Gasteiger partial charge >= 0.3 is 0 Å². The Kier molecular flexibility index (Phi) is 3.57. The zero-order valence-electron chi connectivity index (χ0n) is 9.62. The number of rotatable bonds is 4. The van der Waals surface area contributed by atoms with Crippen LogP contribution in [0.1, 0.15) is 25.8 Å². The van der Waals surface area contributed by atoms with E-state index in [2.05, 4.69) is 36.9 Å². The fourth-order valence-electron chi connectivity index (χ4n) is 2.18. The van der Waals surface area contributed by atoms with Gasteiger partial charge in [-0.25, -0.2) is 0 Å². The Balaban J connectivity index is 2.21. The topological polar surface area (TPSA) is 3.24 Å². The van der Waals surface area contributed by atoms with Crippen LogP contribution in [0.3, 0.4) is 0 Å². The van der Waals surface area contributed by atoms with Gasteiger partial charge in [-0.05, 0) is 36.3 Å². The molecule has 1 aromatic carbocycles. The molecule has 0 saturated carbocycles. The van der Waals surface area contributed by atoms with Crippen molar-refractivity contribution < 1.29 is 0 Å². The summed E-state index contributed by atoms with van der Waals surface area (Å²) in [5.41, 5.74) is 3.01. The summed E-state index contributed by atoms with van der Waals surface area (Å²) >= 11 is 1.93. The Labute approximate surface area is 96.9 Å². The Morgan fingerprint density at radius 3 is 2.93 bits per heavy atom. The van der Waals surface area contributed by atoms with Crippen molar-refractivity contribution in [3.63, 3.8) is 0 Å². The van der Waals surface area contributed by atoms with Gasteiger partial charge in [0.1, 0.15) is 0 Å². The molecule has 0 bridgehead atoms. The molecule has 0 aliphatic carbocycles. The highest BCUT2D eigenvalue weighted by molar-refractivity contribution is 7.99. The molecule has 0 aromatic heterocycles. The highest BCUT2D eigenvalue weighted by Crippen LogP contribution is 2.32. The largest absolute Gasteiger partial charge is 0.371 e. The first kappa shape index (κ1) is 10.9. The number of anilines is 1. The van der Waals surface area contributed by atoms with Gasteiger partial charge in [0.15, 0.2) is 0 Å². The summed E-state index contributed by atoms with van der Waals surface area (Å²) in [6, 6.07) is 6.94. The Bertz CT molecular complexity index is 333. The summed E-state index contributed by atoms with van der Waals surface area (Å²) in [4.78, 5) is 3.94. The molecule has 0 saturated heterocycles. The molecule has 0 amide bonds. The van der Waals surface area contributed by atoms with Gasteiger partial charge in [-0.15, -0.1) is 11.8 Å². The van der Waals surface area contributed by atoms with Gasteiger partial charge in [-0.1, -0.05) is 19.9 Å². The van der Waals surface area contributed by atoms with Gasteiger partial charge in [0.25, 0.3) is 0 Å². The van der Waals surface area contributed by atoms with Gasteiger partial charge in [-0.2, -0.15) is 0 Å². The molecule has 82 valence electrons. The molecule has 0 unspecified atom stereocenters. The zero-order valence-corrected chi connectivity index (χ0v) is 10.4. The van der Waals surface area contributed by atoms with Crippen LogP contribution >= 0.6 is 11.8 Å². The van der Waals surface area contributed by atoms with E-state index in [0.717, 1.165) is 5.75 Å². The van der Waals surface area contributed by atoms with Crippen LogP contribution in [-0.4, -0.2) is 18.8 Å². The molecular weight excluding hydrogens is 202 g/mol. The fourth-order valence-corrected chi connectivity index (χ4v) is 2.88. The first-order valence-electron chi connectivity index (χ1n) is 5.85. The van der Waals surface area contributed by atoms with E-state index in [-0.39, 0.29) is 0 Å². The predicted molar refractivity (Wildman–Crippen MR) is 69.0 cm³/mol. The van der Waals surface area contributed by atoms with Crippen molar-refractivity contribution in [3.8, 4) is 0 Å². The van der Waals surface area contributed by atoms with Crippen molar-refractivity contribution in [2.24, 2.45) is 0 Å². The normalized spacial score (nSPS) is 14.4. The van der Waals surface area contributed by atoms with E-state index in [0.29, 0.717) is 0 Å². The van der Waals surface area contributed by atoms with Crippen LogP contribution in [0.25, 0.3) is 0 Å². The van der Waals surface area contributed by atoms with Crippen LogP contribution in [0, 0.1) is 0 Å². The second kappa shape index (κ2) is 4.93. The number of thioether (sulfide) groups is 1. The third-order valence-corrected chi connectivity index (χ3v) is 3.73. The number of fused-ring (bicyclic) bond motifs is 1. The third kappa shape index (κ3) is 2.31. The van der Waals surface area contributed by atoms with Gasteiger partial charge in [0, 0.05) is 23.7 Å². The summed E-state index contributed by atoms with van der Waals surface area (Å²) in [6.45, 7) is 6.88. The molecule has 0 N–H and O–H groups in total. The molecule has 1 heterocycles. The fraction of sp³-hybridized carbons (Fsp3) is 0.538. The lowest BCUT2D eigenvalue weighted by atomic mass is 10.2. The van der Waals surface area contributed by atoms with Gasteiger partial charge in [0.05, 0.1) is 0 Å². The molecule has 0 fully saturated rings. The maximum absolute atomic E-state index is 2.52. The summed E-state index contributed by atoms with van der Waals surface area (Å²) in [5.74, 6) is 1.16. The Morgan fingerprint density at radius 1 is 1.33 bits per heavy atom. The SMILES string of the molecule is CCCN1CCc2ccc(SCC)cc21. The minimum absolute atomic E-state index is 1.16. The van der Waals surface area contributed by atoms with Crippen molar-refractivity contribution in [1.29, 1.82) is 0 Å². The minimum Gasteiger partial charge on any atom is -0.371 e. The minimum atomic E-state index is 1.16. The molecule has 0 spiro atoms. The van der Waals surface area contributed by atoms with Gasteiger partial charge < -0.3 is 4.90 Å². The predicted octanol–water partition coefficient (Wildman–Crippen LogP) is 3.57. The molecule has 1 aromatic rings. The van der Waals surface area contributed by atoms with E-state index in [9.17, 15) is 0 Å². The van der Waals surface area contributed by atoms with E-state index >= 15 is 0 Å². The molecule has 2 rings (SSSR count). The lowest BCUT2D eigenvalue weighted by Gasteiger charge is -2.18. The number of hydrogen-bond acceptors (Lipinski definition) is 2. The first-order chi connectivity index (χ1) is 7.35. The maximum atomic E-state index is 2.52. The maximum Gasteiger partial charge on any atom is 0.0410 e. The van der Waals surface area contributed by atoms with Crippen LogP contribution in [0.2, 0.25) is 0 Å². The van der Waals surface area contributed by atoms with E-state index in [1.807, 2.05) is 11.8 Å². The standard InChI is InChI=1S/C13H19NS/c1-3-8-14-9-7-11-5-6-12(15-4-2)10-13(11)14/h5-6,10H,3-4,7-9H2,1-2H3. The third-order valence-electron chi connectivity index (χ3n) is 2.85. The van der Waals surface area contributed by atoms with E-state index in [4.69, 9.17) is 0 Å². The molecule has 0 radical (unpaired) electrons. The Hall–Kier alpha value is -0.630. The highest BCUT2D eigenvalue weighted by Gasteiger charge is 2.18. The smallest absolute Gasteiger partial charge is 0.0410 e. The van der Waals surface area contributed by atoms with Gasteiger partial charge in [-0.3, -0.25) is 0 Å². The lowest BCUT2D eigenvalue weighted by molar-refractivity contribution is 0.796. The number of benzene rings is 1. The molecule has 2 heteroatoms. The van der Waals surface area contributed by atoms with Crippen molar-refractivity contribution in [1.82, 2.24) is 0 Å². The molecule has 1 aliphatic heterocycles. The van der Waals surface area contributed by atoms with Crippen molar-refractivity contribution in [2.45, 2.75) is 31.6 Å². The van der Waals surface area contributed by atoms with E-state index < -0.39 is 0 Å². The van der Waals surface area contributed by atoms with E-state index in [1.54, 1.807) is 0 Å². The first-order valence-corrected chi connectivity index (χ1v) is 6.84. The number of hydrogen-bond donors (Lipinski definition) is 0. The molecule has 1 nitrogen and oxygen atoms in total. The lowest BCUT2D eigenvalue weighted by Crippen LogP contribution is -2.20. The second-order valence-corrected chi connectivity index (χ2v) is 5.30. The summed E-state index contributed by atoms with van der Waals surface area (Å²) < 4.78 is 0.